The second kappa shape index (κ2) is 4.49. The van der Waals surface area contributed by atoms with Crippen LogP contribution in [0, 0.1) is 0 Å². The van der Waals surface area contributed by atoms with Crippen LogP contribution in [0.15, 0.2) is 18.3 Å². The predicted molar refractivity (Wildman–Crippen MR) is 61.4 cm³/mol. The molecule has 5 heteroatoms. The van der Waals surface area contributed by atoms with Crippen molar-refractivity contribution >= 4 is 11.7 Å². The van der Waals surface area contributed by atoms with Gasteiger partial charge >= 0.3 is 5.97 Å². The Kier molecular flexibility index (Phi) is 3.49. The van der Waals surface area contributed by atoms with Crippen LogP contribution < -0.4 is 11.5 Å². The first kappa shape index (κ1) is 12.4. The van der Waals surface area contributed by atoms with Crippen LogP contribution in [-0.4, -0.2) is 16.6 Å². The lowest BCUT2D eigenvalue weighted by Crippen LogP contribution is -2.32. The first-order valence-electron chi connectivity index (χ1n) is 4.99. The van der Waals surface area contributed by atoms with Crippen molar-refractivity contribution in [2.45, 2.75) is 32.4 Å². The number of aromatic nitrogens is 1. The Balaban J connectivity index is 2.78. The lowest BCUT2D eigenvalue weighted by molar-refractivity contribution is -0.156. The average molecular weight is 223 g/mol. The lowest BCUT2D eigenvalue weighted by atomic mass is 10.1. The minimum absolute atomic E-state index is 0.411. The Bertz CT molecular complexity index is 385. The highest BCUT2D eigenvalue weighted by atomic mass is 16.6. The molecule has 4 N–H and O–H groups in total. The van der Waals surface area contributed by atoms with Gasteiger partial charge in [-0.2, -0.15) is 0 Å². The summed E-state index contributed by atoms with van der Waals surface area (Å²) in [7, 11) is 0. The maximum absolute atomic E-state index is 11.6. The Labute approximate surface area is 94.8 Å². The molecule has 0 spiro atoms. The summed E-state index contributed by atoms with van der Waals surface area (Å²) in [5, 5.41) is 0. The van der Waals surface area contributed by atoms with Crippen molar-refractivity contribution < 1.29 is 9.53 Å². The molecular weight excluding hydrogens is 206 g/mol. The molecule has 0 bridgehead atoms. The number of ether oxygens (including phenoxy) is 1. The SMILES string of the molecule is CC(C)(C)OC(=O)C(N)c1cc(N)ccn1. The van der Waals surface area contributed by atoms with Crippen LogP contribution in [0.25, 0.3) is 0 Å². The summed E-state index contributed by atoms with van der Waals surface area (Å²) in [6.45, 7) is 5.35. The minimum atomic E-state index is -0.900. The Hall–Kier alpha value is -1.62. The third-order valence-corrected chi connectivity index (χ3v) is 1.78. The Morgan fingerprint density at radius 3 is 2.62 bits per heavy atom. The third-order valence-electron chi connectivity index (χ3n) is 1.78. The van der Waals surface area contributed by atoms with Gasteiger partial charge in [-0.1, -0.05) is 0 Å². The number of anilines is 1. The summed E-state index contributed by atoms with van der Waals surface area (Å²) < 4.78 is 5.15. The monoisotopic (exact) mass is 223 g/mol. The molecule has 0 radical (unpaired) electrons. The molecule has 1 heterocycles. The van der Waals surface area contributed by atoms with E-state index in [1.165, 1.54) is 6.20 Å². The Morgan fingerprint density at radius 2 is 2.12 bits per heavy atom. The van der Waals surface area contributed by atoms with Crippen molar-refractivity contribution in [2.24, 2.45) is 5.73 Å². The van der Waals surface area contributed by atoms with E-state index < -0.39 is 17.6 Å². The van der Waals surface area contributed by atoms with Crippen LogP contribution in [0.3, 0.4) is 0 Å². The van der Waals surface area contributed by atoms with Crippen LogP contribution in [0.4, 0.5) is 5.69 Å². The van der Waals surface area contributed by atoms with Gasteiger partial charge in [-0.25, -0.2) is 4.79 Å². The molecule has 0 amide bonds. The zero-order valence-corrected chi connectivity index (χ0v) is 9.73. The molecule has 0 saturated heterocycles. The molecule has 1 aromatic heterocycles. The van der Waals surface area contributed by atoms with Crippen molar-refractivity contribution in [1.82, 2.24) is 4.98 Å². The van der Waals surface area contributed by atoms with E-state index in [2.05, 4.69) is 4.98 Å². The van der Waals surface area contributed by atoms with Gasteiger partial charge in [0.2, 0.25) is 0 Å². The van der Waals surface area contributed by atoms with Crippen LogP contribution in [0.5, 0.6) is 0 Å². The number of esters is 1. The standard InChI is InChI=1S/C11H17N3O2/c1-11(2,3)16-10(15)9(13)8-6-7(12)4-5-14-8/h4-6,9H,13H2,1-3H3,(H2,12,14). The highest BCUT2D eigenvalue weighted by Crippen LogP contribution is 2.16. The van der Waals surface area contributed by atoms with Gasteiger partial charge in [0.1, 0.15) is 11.6 Å². The van der Waals surface area contributed by atoms with Gasteiger partial charge in [0.15, 0.2) is 0 Å². The summed E-state index contributed by atoms with van der Waals surface area (Å²) in [5.74, 6) is -0.509. The summed E-state index contributed by atoms with van der Waals surface area (Å²) in [6, 6.07) is 2.29. The normalized spacial score (nSPS) is 13.2. The molecule has 16 heavy (non-hydrogen) atoms. The molecule has 1 unspecified atom stereocenters. The third kappa shape index (κ3) is 3.51. The van der Waals surface area contributed by atoms with E-state index in [9.17, 15) is 4.79 Å². The molecular formula is C11H17N3O2. The van der Waals surface area contributed by atoms with E-state index in [0.29, 0.717) is 11.4 Å². The van der Waals surface area contributed by atoms with E-state index in [-0.39, 0.29) is 0 Å². The summed E-state index contributed by atoms with van der Waals surface area (Å²) in [5.41, 5.74) is 11.7. The second-order valence-electron chi connectivity index (χ2n) is 4.53. The predicted octanol–water partition coefficient (Wildman–Crippen LogP) is 1.01. The Morgan fingerprint density at radius 1 is 1.50 bits per heavy atom. The van der Waals surface area contributed by atoms with E-state index in [0.717, 1.165) is 0 Å². The van der Waals surface area contributed by atoms with Gasteiger partial charge in [-0.15, -0.1) is 0 Å². The van der Waals surface area contributed by atoms with Crippen molar-refractivity contribution in [1.29, 1.82) is 0 Å². The van der Waals surface area contributed by atoms with Crippen LogP contribution in [0.2, 0.25) is 0 Å². The van der Waals surface area contributed by atoms with Crippen molar-refractivity contribution in [3.63, 3.8) is 0 Å². The van der Waals surface area contributed by atoms with Crippen molar-refractivity contribution in [2.75, 3.05) is 5.73 Å². The number of hydrogen-bond donors (Lipinski definition) is 2. The minimum Gasteiger partial charge on any atom is -0.459 e. The number of rotatable bonds is 2. The first-order valence-corrected chi connectivity index (χ1v) is 4.99. The number of carbonyl (C=O) groups excluding carboxylic acids is 1. The molecule has 0 aliphatic carbocycles. The van der Waals surface area contributed by atoms with Gasteiger partial charge in [-0.05, 0) is 32.9 Å². The average Bonchev–Trinajstić information content (AvgIpc) is 2.14. The highest BCUT2D eigenvalue weighted by Gasteiger charge is 2.24. The molecule has 1 aromatic rings. The number of nitrogen functional groups attached to an aromatic ring is 1. The molecule has 0 saturated carbocycles. The maximum atomic E-state index is 11.6. The molecule has 88 valence electrons. The van der Waals surface area contributed by atoms with E-state index >= 15 is 0 Å². The van der Waals surface area contributed by atoms with Gasteiger partial charge in [0, 0.05) is 11.9 Å². The summed E-state index contributed by atoms with van der Waals surface area (Å²) in [4.78, 5) is 15.6. The van der Waals surface area contributed by atoms with E-state index in [1.54, 1.807) is 32.9 Å². The van der Waals surface area contributed by atoms with E-state index in [1.807, 2.05) is 0 Å². The molecule has 0 aromatic carbocycles. The number of carbonyl (C=O) groups is 1. The molecule has 0 fully saturated rings. The molecule has 1 atom stereocenters. The van der Waals surface area contributed by atoms with Crippen molar-refractivity contribution in [3.05, 3.63) is 24.0 Å². The maximum Gasteiger partial charge on any atom is 0.329 e. The molecule has 0 aliphatic heterocycles. The summed E-state index contributed by atoms with van der Waals surface area (Å²) in [6.07, 6.45) is 1.51. The molecule has 5 nitrogen and oxygen atoms in total. The fourth-order valence-corrected chi connectivity index (χ4v) is 1.12. The molecule has 0 aliphatic rings. The number of pyridine rings is 1. The number of hydrogen-bond acceptors (Lipinski definition) is 5. The van der Waals surface area contributed by atoms with Crippen LogP contribution in [0.1, 0.15) is 32.5 Å². The topological polar surface area (TPSA) is 91.2 Å². The fourth-order valence-electron chi connectivity index (χ4n) is 1.12. The quantitative estimate of drug-likeness (QED) is 0.730. The van der Waals surface area contributed by atoms with Gasteiger partial charge < -0.3 is 16.2 Å². The first-order chi connectivity index (χ1) is 7.29. The van der Waals surface area contributed by atoms with Crippen molar-refractivity contribution in [3.8, 4) is 0 Å². The van der Waals surface area contributed by atoms with Gasteiger partial charge in [0.05, 0.1) is 5.69 Å². The number of nitrogens with two attached hydrogens (primary N) is 2. The lowest BCUT2D eigenvalue weighted by Gasteiger charge is -2.21. The molecule has 1 rings (SSSR count). The largest absolute Gasteiger partial charge is 0.459 e. The zero-order chi connectivity index (χ0) is 12.3. The van der Waals surface area contributed by atoms with Crippen LogP contribution >= 0.6 is 0 Å². The summed E-state index contributed by atoms with van der Waals surface area (Å²) >= 11 is 0. The second-order valence-corrected chi connectivity index (χ2v) is 4.53. The van der Waals surface area contributed by atoms with E-state index in [4.69, 9.17) is 16.2 Å². The van der Waals surface area contributed by atoms with Crippen LogP contribution in [-0.2, 0) is 9.53 Å². The zero-order valence-electron chi connectivity index (χ0n) is 9.73. The fraction of sp³-hybridized carbons (Fsp3) is 0.455. The highest BCUT2D eigenvalue weighted by molar-refractivity contribution is 5.77. The van der Waals surface area contributed by atoms with Gasteiger partial charge in [0.25, 0.3) is 0 Å². The number of nitrogens with zero attached hydrogens (tertiary/aromatic N) is 1. The van der Waals surface area contributed by atoms with Gasteiger partial charge in [-0.3, -0.25) is 4.98 Å². The smallest absolute Gasteiger partial charge is 0.329 e.